The molecule has 0 aliphatic heterocycles. The molecule has 0 aliphatic carbocycles. The van der Waals surface area contributed by atoms with Crippen LogP contribution in [0.4, 0.5) is 0 Å². The van der Waals surface area contributed by atoms with E-state index in [2.05, 4.69) is 39.3 Å². The van der Waals surface area contributed by atoms with E-state index in [1.807, 2.05) is 11.4 Å². The third kappa shape index (κ3) is 6.97. The molecule has 0 aromatic rings. The molecule has 4 heteroatoms. The van der Waals surface area contributed by atoms with Crippen molar-refractivity contribution >= 4 is 16.5 Å². The van der Waals surface area contributed by atoms with Gasteiger partial charge in [0.2, 0.25) is 0 Å². The Morgan fingerprint density at radius 3 is 1.33 bits per heavy atom. The van der Waals surface area contributed by atoms with Crippen LogP contribution in [0.25, 0.3) is 4.65 Å². The van der Waals surface area contributed by atoms with E-state index in [9.17, 15) is 0 Å². The summed E-state index contributed by atoms with van der Waals surface area (Å²) in [5, 5.41) is 0. The van der Waals surface area contributed by atoms with Crippen molar-refractivity contribution in [3.63, 3.8) is 0 Å². The Labute approximate surface area is 121 Å². The van der Waals surface area contributed by atoms with Crippen LogP contribution in [0.1, 0.15) is 0 Å². The van der Waals surface area contributed by atoms with Gasteiger partial charge in [0, 0.05) is 0 Å². The van der Waals surface area contributed by atoms with Crippen molar-refractivity contribution in [3.8, 4) is 0 Å². The first kappa shape index (κ1) is 16.0. The summed E-state index contributed by atoms with van der Waals surface area (Å²) >= 11 is 0. The summed E-state index contributed by atoms with van der Waals surface area (Å²) in [5.74, 6) is 0. The van der Waals surface area contributed by atoms with E-state index in [1.165, 1.54) is 0 Å². The minimum absolute atomic E-state index is 0. The zero-order valence-corrected chi connectivity index (χ0v) is 14.1. The second-order valence-electron chi connectivity index (χ2n) is 3.83. The van der Waals surface area contributed by atoms with Gasteiger partial charge in [0.25, 0.3) is 0 Å². The van der Waals surface area contributed by atoms with Crippen LogP contribution in [0.2, 0.25) is 26.2 Å². The summed E-state index contributed by atoms with van der Waals surface area (Å²) in [7, 11) is -2.91. The molecular formula is C8H18KNSi2. The summed E-state index contributed by atoms with van der Waals surface area (Å²) in [6, 6.07) is 0. The largest absolute Gasteiger partial charge is 1.00 e. The van der Waals surface area contributed by atoms with Crippen molar-refractivity contribution in [1.29, 1.82) is 0 Å². The standard InChI is InChI=1S/C8H18NSi2.K/c1-7-10(3,4)9-11(5,6)8-2;/h7-8H,1-2H2,3-6H3;/q-1;+1. The first-order chi connectivity index (χ1) is 4.83. The number of hydrogen-bond acceptors (Lipinski definition) is 0. The molecule has 0 N–H and O–H groups in total. The second kappa shape index (κ2) is 6.08. The van der Waals surface area contributed by atoms with Gasteiger partial charge < -0.3 is 4.65 Å². The Morgan fingerprint density at radius 1 is 0.917 bits per heavy atom. The average molecular weight is 224 g/mol. The Bertz CT molecular complexity index is 148. The maximum absolute atomic E-state index is 4.82. The van der Waals surface area contributed by atoms with Gasteiger partial charge in [-0.1, -0.05) is 26.2 Å². The minimum atomic E-state index is -1.45. The van der Waals surface area contributed by atoms with Gasteiger partial charge in [-0.15, -0.1) is 24.6 Å². The zero-order chi connectivity index (χ0) is 9.12. The molecule has 0 aromatic heterocycles. The smallest absolute Gasteiger partial charge is 0.661 e. The van der Waals surface area contributed by atoms with Crippen LogP contribution in [0.5, 0.6) is 0 Å². The monoisotopic (exact) mass is 223 g/mol. The molecule has 12 heavy (non-hydrogen) atoms. The molecule has 0 aromatic carbocycles. The molecule has 0 fully saturated rings. The van der Waals surface area contributed by atoms with Gasteiger partial charge in [0.1, 0.15) is 0 Å². The van der Waals surface area contributed by atoms with Gasteiger partial charge in [-0.2, -0.15) is 0 Å². The third-order valence-electron chi connectivity index (χ3n) is 1.58. The first-order valence-corrected chi connectivity index (χ1v) is 9.89. The molecule has 0 saturated heterocycles. The van der Waals surface area contributed by atoms with Crippen molar-refractivity contribution in [2.75, 3.05) is 0 Å². The topological polar surface area (TPSA) is 14.1 Å². The first-order valence-electron chi connectivity index (χ1n) is 3.84. The van der Waals surface area contributed by atoms with Crippen molar-refractivity contribution in [3.05, 3.63) is 29.2 Å². The molecule has 0 bridgehead atoms. The predicted octanol–water partition coefficient (Wildman–Crippen LogP) is 0.225. The van der Waals surface area contributed by atoms with E-state index < -0.39 is 16.5 Å². The van der Waals surface area contributed by atoms with E-state index in [0.717, 1.165) is 0 Å². The SMILES string of the molecule is C=C[Si](C)(C)[N-][Si](C)(C)C=C.[K+]. The molecule has 0 atom stereocenters. The average Bonchev–Trinajstić information content (AvgIpc) is 1.86. The molecule has 0 radical (unpaired) electrons. The molecule has 0 heterocycles. The number of rotatable bonds is 4. The molecule has 0 saturated carbocycles. The van der Waals surface area contributed by atoms with E-state index in [0.29, 0.717) is 0 Å². The van der Waals surface area contributed by atoms with Crippen LogP contribution >= 0.6 is 0 Å². The summed E-state index contributed by atoms with van der Waals surface area (Å²) < 4.78 is 4.82. The quantitative estimate of drug-likeness (QED) is 0.606. The Morgan fingerprint density at radius 2 is 1.17 bits per heavy atom. The third-order valence-corrected chi connectivity index (χ3v) is 8.18. The fourth-order valence-electron chi connectivity index (χ4n) is 0.834. The normalized spacial score (nSPS) is 11.7. The van der Waals surface area contributed by atoms with E-state index in [4.69, 9.17) is 4.65 Å². The Hall–Kier alpha value is 1.51. The van der Waals surface area contributed by atoms with Crippen LogP contribution in [-0.4, -0.2) is 16.5 Å². The van der Waals surface area contributed by atoms with E-state index in [-0.39, 0.29) is 51.4 Å². The fourth-order valence-corrected chi connectivity index (χ4v) is 7.51. The molecule has 0 aliphatic rings. The van der Waals surface area contributed by atoms with Crippen molar-refractivity contribution < 1.29 is 51.4 Å². The molecule has 0 amide bonds. The predicted molar refractivity (Wildman–Crippen MR) is 58.7 cm³/mol. The van der Waals surface area contributed by atoms with Crippen molar-refractivity contribution in [1.82, 2.24) is 0 Å². The van der Waals surface area contributed by atoms with Crippen LogP contribution in [0.3, 0.4) is 0 Å². The van der Waals surface area contributed by atoms with Gasteiger partial charge in [0.15, 0.2) is 0 Å². The maximum atomic E-state index is 4.82. The number of nitrogens with zero attached hydrogens (tertiary/aromatic N) is 1. The Kier molecular flexibility index (Phi) is 8.09. The van der Waals surface area contributed by atoms with E-state index >= 15 is 0 Å². The Balaban J connectivity index is 0. The summed E-state index contributed by atoms with van der Waals surface area (Å²) in [6.07, 6.45) is 0. The van der Waals surface area contributed by atoms with Crippen LogP contribution in [0, 0.1) is 0 Å². The van der Waals surface area contributed by atoms with Crippen LogP contribution in [-0.2, 0) is 0 Å². The summed E-state index contributed by atoms with van der Waals surface area (Å²) in [4.78, 5) is 0. The zero-order valence-electron chi connectivity index (χ0n) is 9.02. The van der Waals surface area contributed by atoms with Crippen LogP contribution < -0.4 is 51.4 Å². The molecule has 0 unspecified atom stereocenters. The molecule has 0 spiro atoms. The van der Waals surface area contributed by atoms with Gasteiger partial charge in [-0.05, 0) is 16.5 Å². The minimum Gasteiger partial charge on any atom is -0.661 e. The maximum Gasteiger partial charge on any atom is 1.00 e. The summed E-state index contributed by atoms with van der Waals surface area (Å²) in [5.41, 5.74) is 4.04. The van der Waals surface area contributed by atoms with Gasteiger partial charge in [-0.3, -0.25) is 0 Å². The molecule has 64 valence electrons. The van der Waals surface area contributed by atoms with Gasteiger partial charge >= 0.3 is 51.4 Å². The van der Waals surface area contributed by atoms with E-state index in [1.54, 1.807) is 0 Å². The molecule has 0 rings (SSSR count). The molecular weight excluding hydrogens is 205 g/mol. The number of hydrogen-bond donors (Lipinski definition) is 0. The molecule has 1 nitrogen and oxygen atoms in total. The van der Waals surface area contributed by atoms with Crippen molar-refractivity contribution in [2.24, 2.45) is 0 Å². The van der Waals surface area contributed by atoms with Crippen LogP contribution in [0.15, 0.2) is 24.6 Å². The van der Waals surface area contributed by atoms with Crippen molar-refractivity contribution in [2.45, 2.75) is 26.2 Å². The summed E-state index contributed by atoms with van der Waals surface area (Å²) in [6.45, 7) is 16.4. The van der Waals surface area contributed by atoms with Gasteiger partial charge in [0.05, 0.1) is 0 Å². The van der Waals surface area contributed by atoms with Gasteiger partial charge in [-0.25, -0.2) is 0 Å². The fraction of sp³-hybridized carbons (Fsp3) is 0.500. The second-order valence-corrected chi connectivity index (χ2v) is 12.2.